The zero-order valence-corrected chi connectivity index (χ0v) is 11.9. The molecule has 1 saturated carbocycles. The van der Waals surface area contributed by atoms with E-state index in [9.17, 15) is 0 Å². The average Bonchev–Trinajstić information content (AvgIpc) is 2.27. The van der Waals surface area contributed by atoms with Gasteiger partial charge >= 0.3 is 0 Å². The molecule has 0 spiro atoms. The number of hydrogen-bond acceptors (Lipinski definition) is 2. The molecule has 1 saturated heterocycles. The Balaban J connectivity index is 1.99. The summed E-state index contributed by atoms with van der Waals surface area (Å²) < 4.78 is 0. The highest BCUT2D eigenvalue weighted by Gasteiger charge is 2.34. The Morgan fingerprint density at radius 3 is 2.18 bits per heavy atom. The summed E-state index contributed by atoms with van der Waals surface area (Å²) in [4.78, 5) is 2.76. The molecule has 17 heavy (non-hydrogen) atoms. The summed E-state index contributed by atoms with van der Waals surface area (Å²) in [6.45, 7) is 9.36. The number of hydrogen-bond donors (Lipinski definition) is 1. The van der Waals surface area contributed by atoms with Gasteiger partial charge in [0.25, 0.3) is 0 Å². The Kier molecular flexibility index (Phi) is 4.48. The van der Waals surface area contributed by atoms with E-state index in [1.165, 1.54) is 38.6 Å². The topological polar surface area (TPSA) is 29.3 Å². The van der Waals surface area contributed by atoms with E-state index in [4.69, 9.17) is 5.73 Å². The molecular weight excluding hydrogens is 208 g/mol. The molecule has 0 amide bonds. The first-order valence-corrected chi connectivity index (χ1v) is 7.56. The average molecular weight is 238 g/mol. The van der Waals surface area contributed by atoms with Crippen molar-refractivity contribution in [3.05, 3.63) is 0 Å². The Morgan fingerprint density at radius 1 is 0.941 bits per heavy atom. The van der Waals surface area contributed by atoms with Crippen LogP contribution in [0.4, 0.5) is 0 Å². The summed E-state index contributed by atoms with van der Waals surface area (Å²) in [5, 5.41) is 0. The Morgan fingerprint density at radius 2 is 1.59 bits per heavy atom. The molecule has 4 unspecified atom stereocenters. The van der Waals surface area contributed by atoms with Gasteiger partial charge in [0.2, 0.25) is 0 Å². The van der Waals surface area contributed by atoms with Gasteiger partial charge in [-0.3, -0.25) is 4.90 Å². The minimum atomic E-state index is 0.654. The lowest BCUT2D eigenvalue weighted by atomic mass is 9.78. The number of nitrogens with zero attached hydrogens (tertiary/aromatic N) is 1. The SMILES string of the molecule is CC1CCN(C2CC(C)CC(C)C2)C(CN)C1. The summed E-state index contributed by atoms with van der Waals surface area (Å²) in [5.41, 5.74) is 5.99. The van der Waals surface area contributed by atoms with Crippen LogP contribution < -0.4 is 5.73 Å². The van der Waals surface area contributed by atoms with Gasteiger partial charge in [0.05, 0.1) is 0 Å². The molecule has 0 aromatic rings. The monoisotopic (exact) mass is 238 g/mol. The second-order valence-electron chi connectivity index (χ2n) is 6.83. The van der Waals surface area contributed by atoms with Crippen molar-refractivity contribution in [2.45, 2.75) is 65.0 Å². The van der Waals surface area contributed by atoms with E-state index < -0.39 is 0 Å². The minimum absolute atomic E-state index is 0.654. The van der Waals surface area contributed by atoms with Crippen LogP contribution in [0.5, 0.6) is 0 Å². The van der Waals surface area contributed by atoms with Crippen molar-refractivity contribution in [1.29, 1.82) is 0 Å². The first-order valence-electron chi connectivity index (χ1n) is 7.56. The molecule has 2 heteroatoms. The molecule has 1 aliphatic heterocycles. The van der Waals surface area contributed by atoms with Gasteiger partial charge < -0.3 is 5.73 Å². The van der Waals surface area contributed by atoms with Crippen LogP contribution in [0.2, 0.25) is 0 Å². The fourth-order valence-electron chi connectivity index (χ4n) is 4.16. The Hall–Kier alpha value is -0.0800. The first-order chi connectivity index (χ1) is 8.10. The standard InChI is InChI=1S/C15H30N2/c1-11-4-5-17(15(7-11)10-16)14-8-12(2)6-13(3)9-14/h11-15H,4-10,16H2,1-3H3. The normalized spacial score (nSPS) is 44.8. The van der Waals surface area contributed by atoms with E-state index in [2.05, 4.69) is 25.7 Å². The maximum Gasteiger partial charge on any atom is 0.0223 e. The van der Waals surface area contributed by atoms with Crippen molar-refractivity contribution in [2.75, 3.05) is 13.1 Å². The molecule has 2 aliphatic rings. The first kappa shape index (κ1) is 13.4. The molecule has 0 bridgehead atoms. The summed E-state index contributed by atoms with van der Waals surface area (Å²) in [6.07, 6.45) is 6.91. The minimum Gasteiger partial charge on any atom is -0.329 e. The Bertz CT molecular complexity index is 231. The molecule has 4 atom stereocenters. The lowest BCUT2D eigenvalue weighted by Crippen LogP contribution is -2.52. The van der Waals surface area contributed by atoms with Gasteiger partial charge in [-0.2, -0.15) is 0 Å². The predicted octanol–water partition coefficient (Wildman–Crippen LogP) is 2.87. The molecule has 2 rings (SSSR count). The second-order valence-corrected chi connectivity index (χ2v) is 6.83. The third-order valence-corrected chi connectivity index (χ3v) is 4.92. The largest absolute Gasteiger partial charge is 0.329 e. The maximum absolute atomic E-state index is 5.99. The molecule has 1 heterocycles. The summed E-state index contributed by atoms with van der Waals surface area (Å²) in [5.74, 6) is 2.68. The second kappa shape index (κ2) is 5.71. The zero-order valence-electron chi connectivity index (χ0n) is 11.9. The molecular formula is C15H30N2. The molecule has 0 aromatic carbocycles. The van der Waals surface area contributed by atoms with Gasteiger partial charge in [-0.15, -0.1) is 0 Å². The van der Waals surface area contributed by atoms with Gasteiger partial charge in [-0.25, -0.2) is 0 Å². The van der Waals surface area contributed by atoms with Crippen LogP contribution in [0.1, 0.15) is 52.9 Å². The van der Waals surface area contributed by atoms with Crippen molar-refractivity contribution in [3.63, 3.8) is 0 Å². The molecule has 2 nitrogen and oxygen atoms in total. The van der Waals surface area contributed by atoms with Gasteiger partial charge in [-0.05, 0) is 56.4 Å². The third-order valence-electron chi connectivity index (χ3n) is 4.92. The highest BCUT2D eigenvalue weighted by atomic mass is 15.2. The van der Waals surface area contributed by atoms with Crippen LogP contribution in [-0.2, 0) is 0 Å². The molecule has 100 valence electrons. The van der Waals surface area contributed by atoms with Crippen LogP contribution in [0.3, 0.4) is 0 Å². The van der Waals surface area contributed by atoms with Crippen LogP contribution >= 0.6 is 0 Å². The zero-order chi connectivity index (χ0) is 12.4. The van der Waals surface area contributed by atoms with E-state index >= 15 is 0 Å². The van der Waals surface area contributed by atoms with E-state index in [0.29, 0.717) is 6.04 Å². The highest BCUT2D eigenvalue weighted by Crippen LogP contribution is 2.35. The molecule has 2 fully saturated rings. The fraction of sp³-hybridized carbons (Fsp3) is 1.00. The van der Waals surface area contributed by atoms with Gasteiger partial charge in [0.1, 0.15) is 0 Å². The lowest BCUT2D eigenvalue weighted by molar-refractivity contribution is 0.0352. The fourth-order valence-corrected chi connectivity index (χ4v) is 4.16. The van der Waals surface area contributed by atoms with Crippen LogP contribution in [0.15, 0.2) is 0 Å². The number of likely N-dealkylation sites (tertiary alicyclic amines) is 1. The van der Waals surface area contributed by atoms with Crippen LogP contribution in [-0.4, -0.2) is 30.1 Å². The van der Waals surface area contributed by atoms with Crippen molar-refractivity contribution < 1.29 is 0 Å². The summed E-state index contributed by atoms with van der Waals surface area (Å²) in [6, 6.07) is 1.47. The molecule has 0 aromatic heterocycles. The van der Waals surface area contributed by atoms with E-state index in [0.717, 1.165) is 30.3 Å². The van der Waals surface area contributed by atoms with Crippen molar-refractivity contribution in [2.24, 2.45) is 23.5 Å². The number of piperidine rings is 1. The molecule has 0 radical (unpaired) electrons. The highest BCUT2D eigenvalue weighted by molar-refractivity contribution is 4.89. The van der Waals surface area contributed by atoms with E-state index in [1.807, 2.05) is 0 Å². The quantitative estimate of drug-likeness (QED) is 0.801. The van der Waals surface area contributed by atoms with Crippen LogP contribution in [0.25, 0.3) is 0 Å². The van der Waals surface area contributed by atoms with Crippen molar-refractivity contribution in [3.8, 4) is 0 Å². The smallest absolute Gasteiger partial charge is 0.0223 e. The van der Waals surface area contributed by atoms with Crippen molar-refractivity contribution >= 4 is 0 Å². The van der Waals surface area contributed by atoms with E-state index in [-0.39, 0.29) is 0 Å². The van der Waals surface area contributed by atoms with Gasteiger partial charge in [0.15, 0.2) is 0 Å². The number of nitrogens with two attached hydrogens (primary N) is 1. The predicted molar refractivity (Wildman–Crippen MR) is 73.9 cm³/mol. The number of rotatable bonds is 2. The van der Waals surface area contributed by atoms with Gasteiger partial charge in [-0.1, -0.05) is 20.8 Å². The van der Waals surface area contributed by atoms with Gasteiger partial charge in [0, 0.05) is 18.6 Å². The lowest BCUT2D eigenvalue weighted by Gasteiger charge is -2.46. The summed E-state index contributed by atoms with van der Waals surface area (Å²) >= 11 is 0. The van der Waals surface area contributed by atoms with E-state index in [1.54, 1.807) is 0 Å². The summed E-state index contributed by atoms with van der Waals surface area (Å²) in [7, 11) is 0. The third kappa shape index (κ3) is 3.23. The Labute approximate surface area is 107 Å². The molecule has 2 N–H and O–H groups in total. The maximum atomic E-state index is 5.99. The molecule has 1 aliphatic carbocycles. The van der Waals surface area contributed by atoms with Crippen molar-refractivity contribution in [1.82, 2.24) is 4.90 Å². The van der Waals surface area contributed by atoms with Crippen LogP contribution in [0, 0.1) is 17.8 Å².